The zero-order chi connectivity index (χ0) is 12.3. The number of hydrogen-bond acceptors (Lipinski definition) is 4. The molecule has 8 heteroatoms. The number of amides is 1. The van der Waals surface area contributed by atoms with Gasteiger partial charge in [0.15, 0.2) is 0 Å². The third-order valence-corrected chi connectivity index (χ3v) is 3.40. The highest BCUT2D eigenvalue weighted by atomic mass is 35.5. The molecule has 1 aromatic rings. The van der Waals surface area contributed by atoms with Crippen LogP contribution in [0.25, 0.3) is 0 Å². The number of piperidine rings is 1. The van der Waals surface area contributed by atoms with Crippen LogP contribution in [-0.4, -0.2) is 36.0 Å². The average molecular weight is 328 g/mol. The van der Waals surface area contributed by atoms with Crippen molar-refractivity contribution in [3.05, 3.63) is 23.2 Å². The van der Waals surface area contributed by atoms with Gasteiger partial charge in [-0.05, 0) is 25.9 Å². The quantitative estimate of drug-likeness (QED) is 0.860. The summed E-state index contributed by atoms with van der Waals surface area (Å²) in [5.74, 6) is -0.0180. The van der Waals surface area contributed by atoms with Gasteiger partial charge in [0.05, 0.1) is 17.3 Å². The van der Waals surface area contributed by atoms with Crippen LogP contribution < -0.4 is 10.6 Å². The molecular formula is C11H17Cl3N4O. The molecule has 0 radical (unpaired) electrons. The SMILES string of the molecule is CNC(=O)C1(c2cncc(Cl)n2)CCNCC1.Cl.Cl. The van der Waals surface area contributed by atoms with Gasteiger partial charge in [-0.15, -0.1) is 24.8 Å². The van der Waals surface area contributed by atoms with E-state index in [4.69, 9.17) is 11.6 Å². The minimum absolute atomic E-state index is 0. The standard InChI is InChI=1S/C11H15ClN4O.2ClH/c1-13-10(17)11(2-4-14-5-3-11)8-6-15-7-9(12)16-8;;/h6-7,14H,2-5H2,1H3,(H,13,17);2*1H. The molecule has 1 aliphatic heterocycles. The molecule has 0 aromatic carbocycles. The first-order valence-electron chi connectivity index (χ1n) is 5.60. The average Bonchev–Trinajstić information content (AvgIpc) is 2.38. The lowest BCUT2D eigenvalue weighted by Crippen LogP contribution is -2.50. The summed E-state index contributed by atoms with van der Waals surface area (Å²) in [4.78, 5) is 20.4. The third-order valence-electron chi connectivity index (χ3n) is 3.21. The molecular weight excluding hydrogens is 311 g/mol. The van der Waals surface area contributed by atoms with Crippen molar-refractivity contribution in [3.8, 4) is 0 Å². The number of halogens is 3. The monoisotopic (exact) mass is 326 g/mol. The first-order chi connectivity index (χ1) is 8.19. The van der Waals surface area contributed by atoms with E-state index in [1.54, 1.807) is 13.2 Å². The fourth-order valence-electron chi connectivity index (χ4n) is 2.27. The molecule has 0 aliphatic carbocycles. The summed E-state index contributed by atoms with van der Waals surface area (Å²) >= 11 is 5.85. The molecule has 19 heavy (non-hydrogen) atoms. The van der Waals surface area contributed by atoms with Gasteiger partial charge in [-0.25, -0.2) is 4.98 Å². The maximum Gasteiger partial charge on any atom is 0.232 e. The van der Waals surface area contributed by atoms with E-state index in [9.17, 15) is 4.79 Å². The van der Waals surface area contributed by atoms with Crippen LogP contribution in [0.1, 0.15) is 18.5 Å². The van der Waals surface area contributed by atoms with Crippen molar-refractivity contribution in [1.29, 1.82) is 0 Å². The molecule has 5 nitrogen and oxygen atoms in total. The van der Waals surface area contributed by atoms with E-state index in [2.05, 4.69) is 20.6 Å². The van der Waals surface area contributed by atoms with E-state index in [-0.39, 0.29) is 30.7 Å². The van der Waals surface area contributed by atoms with Crippen molar-refractivity contribution in [2.24, 2.45) is 0 Å². The molecule has 108 valence electrons. The van der Waals surface area contributed by atoms with E-state index >= 15 is 0 Å². The van der Waals surface area contributed by atoms with E-state index in [1.165, 1.54) is 6.20 Å². The van der Waals surface area contributed by atoms with Crippen molar-refractivity contribution in [2.45, 2.75) is 18.3 Å². The Kier molecular flexibility index (Phi) is 7.59. The minimum Gasteiger partial charge on any atom is -0.358 e. The van der Waals surface area contributed by atoms with Crippen LogP contribution in [0.2, 0.25) is 5.15 Å². The predicted octanol–water partition coefficient (Wildman–Crippen LogP) is 1.34. The fourth-order valence-corrected chi connectivity index (χ4v) is 2.41. The Balaban J connectivity index is 0.00000162. The Morgan fingerprint density at radius 2 is 2.00 bits per heavy atom. The Hall–Kier alpha value is -0.620. The largest absolute Gasteiger partial charge is 0.358 e. The van der Waals surface area contributed by atoms with Gasteiger partial charge < -0.3 is 10.6 Å². The number of carbonyl (C=O) groups excluding carboxylic acids is 1. The Bertz CT molecular complexity index is 424. The van der Waals surface area contributed by atoms with Gasteiger partial charge in [0.25, 0.3) is 0 Å². The number of aromatic nitrogens is 2. The van der Waals surface area contributed by atoms with E-state index in [0.29, 0.717) is 23.7 Å². The summed E-state index contributed by atoms with van der Waals surface area (Å²) < 4.78 is 0. The van der Waals surface area contributed by atoms with Gasteiger partial charge in [0.1, 0.15) is 5.15 Å². The van der Waals surface area contributed by atoms with Gasteiger partial charge in [-0.1, -0.05) is 11.6 Å². The lowest BCUT2D eigenvalue weighted by atomic mass is 9.75. The molecule has 0 atom stereocenters. The molecule has 2 rings (SSSR count). The maximum atomic E-state index is 12.2. The summed E-state index contributed by atoms with van der Waals surface area (Å²) in [5.41, 5.74) is 0.0589. The molecule has 1 saturated heterocycles. The summed E-state index contributed by atoms with van der Waals surface area (Å²) in [6, 6.07) is 0. The highest BCUT2D eigenvalue weighted by molar-refractivity contribution is 6.29. The number of hydrogen-bond donors (Lipinski definition) is 2. The van der Waals surface area contributed by atoms with Crippen molar-refractivity contribution in [1.82, 2.24) is 20.6 Å². The number of rotatable bonds is 2. The molecule has 2 heterocycles. The molecule has 1 aromatic heterocycles. The Labute approximate surface area is 129 Å². The van der Waals surface area contributed by atoms with Crippen molar-refractivity contribution in [3.63, 3.8) is 0 Å². The van der Waals surface area contributed by atoms with Gasteiger partial charge in [-0.2, -0.15) is 0 Å². The lowest BCUT2D eigenvalue weighted by molar-refractivity contribution is -0.127. The zero-order valence-electron chi connectivity index (χ0n) is 10.5. The summed E-state index contributed by atoms with van der Waals surface area (Å²) in [7, 11) is 1.64. The topological polar surface area (TPSA) is 66.9 Å². The van der Waals surface area contributed by atoms with Gasteiger partial charge >= 0.3 is 0 Å². The smallest absolute Gasteiger partial charge is 0.232 e. The minimum atomic E-state index is -0.599. The fraction of sp³-hybridized carbons (Fsp3) is 0.545. The second kappa shape index (κ2) is 7.85. The van der Waals surface area contributed by atoms with E-state index in [0.717, 1.165) is 13.1 Å². The number of carbonyl (C=O) groups is 1. The number of nitrogens with zero attached hydrogens (tertiary/aromatic N) is 2. The number of nitrogens with one attached hydrogen (secondary N) is 2. The molecule has 0 saturated carbocycles. The second-order valence-corrected chi connectivity index (χ2v) is 4.53. The highest BCUT2D eigenvalue weighted by Crippen LogP contribution is 2.32. The van der Waals surface area contributed by atoms with Gasteiger partial charge in [0.2, 0.25) is 5.91 Å². The highest BCUT2D eigenvalue weighted by Gasteiger charge is 2.42. The molecule has 1 amide bonds. The van der Waals surface area contributed by atoms with Gasteiger partial charge in [0, 0.05) is 13.2 Å². The molecule has 0 spiro atoms. The van der Waals surface area contributed by atoms with Gasteiger partial charge in [-0.3, -0.25) is 9.78 Å². The van der Waals surface area contributed by atoms with Crippen LogP contribution in [0.15, 0.2) is 12.4 Å². The molecule has 1 fully saturated rings. The maximum absolute atomic E-state index is 12.2. The third kappa shape index (κ3) is 3.69. The van der Waals surface area contributed by atoms with Crippen molar-refractivity contribution >= 4 is 42.3 Å². The molecule has 0 unspecified atom stereocenters. The lowest BCUT2D eigenvalue weighted by Gasteiger charge is -2.35. The Morgan fingerprint density at radius 1 is 1.37 bits per heavy atom. The summed E-state index contributed by atoms with van der Waals surface area (Å²) in [6.07, 6.45) is 4.53. The van der Waals surface area contributed by atoms with Crippen molar-refractivity contribution < 1.29 is 4.79 Å². The van der Waals surface area contributed by atoms with Crippen LogP contribution in [0.5, 0.6) is 0 Å². The normalized spacial score (nSPS) is 16.7. The van der Waals surface area contributed by atoms with Crippen LogP contribution in [0.3, 0.4) is 0 Å². The molecule has 1 aliphatic rings. The van der Waals surface area contributed by atoms with E-state index in [1.807, 2.05) is 0 Å². The number of likely N-dealkylation sites (N-methyl/N-ethyl adjacent to an activating group) is 1. The Morgan fingerprint density at radius 3 is 2.53 bits per heavy atom. The molecule has 2 N–H and O–H groups in total. The predicted molar refractivity (Wildman–Crippen MR) is 79.4 cm³/mol. The van der Waals surface area contributed by atoms with Crippen LogP contribution in [-0.2, 0) is 10.2 Å². The van der Waals surface area contributed by atoms with Crippen LogP contribution in [0.4, 0.5) is 0 Å². The summed E-state index contributed by atoms with van der Waals surface area (Å²) in [6.45, 7) is 1.59. The van der Waals surface area contributed by atoms with Crippen LogP contribution in [0, 0.1) is 0 Å². The van der Waals surface area contributed by atoms with Crippen molar-refractivity contribution in [2.75, 3.05) is 20.1 Å². The molecule has 0 bridgehead atoms. The second-order valence-electron chi connectivity index (χ2n) is 4.14. The first kappa shape index (κ1) is 18.4. The van der Waals surface area contributed by atoms with E-state index < -0.39 is 5.41 Å². The van der Waals surface area contributed by atoms with Crippen LogP contribution >= 0.6 is 36.4 Å². The zero-order valence-corrected chi connectivity index (χ0v) is 12.9. The summed E-state index contributed by atoms with van der Waals surface area (Å²) in [5, 5.41) is 6.28. The first-order valence-corrected chi connectivity index (χ1v) is 5.98.